The fraction of sp³-hybridized carbons (Fsp3) is 0.778. The first-order chi connectivity index (χ1) is 11.8. The highest BCUT2D eigenvalue weighted by Crippen LogP contribution is 2.32. The number of H-pyrrole nitrogens is 1. The van der Waals surface area contributed by atoms with Crippen LogP contribution in [-0.2, 0) is 0 Å². The Hall–Kier alpha value is -1.40. The Bertz CT molecular complexity index is 560. The zero-order chi connectivity index (χ0) is 16.4. The summed E-state index contributed by atoms with van der Waals surface area (Å²) in [5.41, 5.74) is 1.77. The van der Waals surface area contributed by atoms with Crippen LogP contribution in [0.2, 0.25) is 0 Å². The molecule has 1 atom stereocenters. The molecule has 1 unspecified atom stereocenters. The van der Waals surface area contributed by atoms with Crippen molar-refractivity contribution in [3.05, 3.63) is 17.5 Å². The molecule has 3 heterocycles. The van der Waals surface area contributed by atoms with Crippen LogP contribution in [-0.4, -0.2) is 71.2 Å². The van der Waals surface area contributed by atoms with E-state index in [-0.39, 0.29) is 5.91 Å². The minimum atomic E-state index is 0.103. The van der Waals surface area contributed by atoms with Crippen LogP contribution in [0.15, 0.2) is 6.07 Å². The molecule has 2 N–H and O–H groups in total. The molecule has 1 amide bonds. The third-order valence-corrected chi connectivity index (χ3v) is 5.98. The minimum absolute atomic E-state index is 0.103. The van der Waals surface area contributed by atoms with E-state index in [0.717, 1.165) is 51.4 Å². The van der Waals surface area contributed by atoms with Crippen LogP contribution >= 0.6 is 0 Å². The molecule has 3 aliphatic rings. The van der Waals surface area contributed by atoms with Crippen molar-refractivity contribution in [2.75, 3.05) is 39.3 Å². The van der Waals surface area contributed by atoms with Crippen LogP contribution in [0, 0.1) is 0 Å². The van der Waals surface area contributed by atoms with Gasteiger partial charge in [-0.2, -0.15) is 5.10 Å². The third-order valence-electron chi connectivity index (χ3n) is 5.98. The van der Waals surface area contributed by atoms with Crippen LogP contribution in [0.4, 0.5) is 0 Å². The number of nitrogens with zero attached hydrogens (tertiary/aromatic N) is 3. The van der Waals surface area contributed by atoms with Crippen LogP contribution in [0.1, 0.15) is 60.6 Å². The summed E-state index contributed by atoms with van der Waals surface area (Å²) in [5, 5.41) is 10.9. The smallest absolute Gasteiger partial charge is 0.274 e. The van der Waals surface area contributed by atoms with Crippen molar-refractivity contribution in [3.63, 3.8) is 0 Å². The number of nitrogens with one attached hydrogen (secondary N) is 2. The molecule has 6 nitrogen and oxygen atoms in total. The van der Waals surface area contributed by atoms with Gasteiger partial charge in [0.25, 0.3) is 5.91 Å². The summed E-state index contributed by atoms with van der Waals surface area (Å²) in [6.07, 6.45) is 7.48. The van der Waals surface area contributed by atoms with Crippen LogP contribution < -0.4 is 5.32 Å². The van der Waals surface area contributed by atoms with Gasteiger partial charge >= 0.3 is 0 Å². The van der Waals surface area contributed by atoms with Gasteiger partial charge in [0.15, 0.2) is 0 Å². The maximum atomic E-state index is 12.8. The van der Waals surface area contributed by atoms with E-state index in [2.05, 4.69) is 20.4 Å². The Morgan fingerprint density at radius 2 is 1.88 bits per heavy atom. The van der Waals surface area contributed by atoms with Gasteiger partial charge < -0.3 is 10.2 Å². The SMILES string of the molecule is O=C(c1cc(C2CCCCC2)[nH]n1)N1CCC(N2CCNCC2)C1. The summed E-state index contributed by atoms with van der Waals surface area (Å²) in [4.78, 5) is 17.3. The summed E-state index contributed by atoms with van der Waals surface area (Å²) in [6.45, 7) is 6.04. The van der Waals surface area contributed by atoms with Gasteiger partial charge in [0.05, 0.1) is 0 Å². The molecule has 4 rings (SSSR count). The number of carbonyl (C=O) groups is 1. The molecule has 132 valence electrons. The number of aromatic nitrogens is 2. The predicted octanol–water partition coefficient (Wildman–Crippen LogP) is 1.58. The first-order valence-electron chi connectivity index (χ1n) is 9.60. The molecule has 2 saturated heterocycles. The fourth-order valence-corrected chi connectivity index (χ4v) is 4.50. The van der Waals surface area contributed by atoms with Crippen molar-refractivity contribution in [2.45, 2.75) is 50.5 Å². The Morgan fingerprint density at radius 3 is 2.67 bits per heavy atom. The van der Waals surface area contributed by atoms with Gasteiger partial charge in [-0.3, -0.25) is 14.8 Å². The van der Waals surface area contributed by atoms with Gasteiger partial charge in [-0.15, -0.1) is 0 Å². The molecule has 1 aromatic heterocycles. The summed E-state index contributed by atoms with van der Waals surface area (Å²) in [5.74, 6) is 0.672. The van der Waals surface area contributed by atoms with Crippen molar-refractivity contribution in [2.24, 2.45) is 0 Å². The van der Waals surface area contributed by atoms with Crippen molar-refractivity contribution in [3.8, 4) is 0 Å². The third kappa shape index (κ3) is 3.35. The van der Waals surface area contributed by atoms with E-state index in [9.17, 15) is 4.79 Å². The molecule has 1 aliphatic carbocycles. The van der Waals surface area contributed by atoms with E-state index >= 15 is 0 Å². The summed E-state index contributed by atoms with van der Waals surface area (Å²) in [6, 6.07) is 2.53. The molecule has 0 aromatic carbocycles. The molecule has 6 heteroatoms. The van der Waals surface area contributed by atoms with Crippen molar-refractivity contribution >= 4 is 5.91 Å². The molecule has 1 aromatic rings. The van der Waals surface area contributed by atoms with E-state index < -0.39 is 0 Å². The van der Waals surface area contributed by atoms with Gasteiger partial charge in [-0.25, -0.2) is 0 Å². The highest BCUT2D eigenvalue weighted by atomic mass is 16.2. The Kier molecular flexibility index (Phi) is 4.85. The highest BCUT2D eigenvalue weighted by molar-refractivity contribution is 5.92. The van der Waals surface area contributed by atoms with E-state index in [0.29, 0.717) is 17.7 Å². The Labute approximate surface area is 144 Å². The lowest BCUT2D eigenvalue weighted by Gasteiger charge is -2.32. The molecule has 0 bridgehead atoms. The number of likely N-dealkylation sites (tertiary alicyclic amines) is 1. The van der Waals surface area contributed by atoms with Crippen LogP contribution in [0.5, 0.6) is 0 Å². The van der Waals surface area contributed by atoms with E-state index in [4.69, 9.17) is 0 Å². The van der Waals surface area contributed by atoms with Crippen LogP contribution in [0.3, 0.4) is 0 Å². The maximum Gasteiger partial charge on any atom is 0.274 e. The average Bonchev–Trinajstić information content (AvgIpc) is 3.33. The lowest BCUT2D eigenvalue weighted by Crippen LogP contribution is -2.49. The van der Waals surface area contributed by atoms with Crippen molar-refractivity contribution < 1.29 is 4.79 Å². The normalized spacial score (nSPS) is 26.8. The van der Waals surface area contributed by atoms with Gasteiger partial charge in [0, 0.05) is 56.9 Å². The molecular weight excluding hydrogens is 302 g/mol. The standard InChI is InChI=1S/C18H29N5O/c24-18(17-12-16(20-21-17)14-4-2-1-3-5-14)23-9-6-15(13-23)22-10-7-19-8-11-22/h12,14-15,19H,1-11,13H2,(H,20,21). The van der Waals surface area contributed by atoms with Crippen molar-refractivity contribution in [1.82, 2.24) is 25.3 Å². The van der Waals surface area contributed by atoms with Gasteiger partial charge in [0.2, 0.25) is 0 Å². The molecule has 24 heavy (non-hydrogen) atoms. The summed E-state index contributed by atoms with van der Waals surface area (Å²) >= 11 is 0. The number of carbonyl (C=O) groups excluding carboxylic acids is 1. The molecule has 0 spiro atoms. The number of hydrogen-bond donors (Lipinski definition) is 2. The summed E-state index contributed by atoms with van der Waals surface area (Å²) < 4.78 is 0. The number of piperazine rings is 1. The second kappa shape index (κ2) is 7.23. The van der Waals surface area contributed by atoms with E-state index in [1.807, 2.05) is 11.0 Å². The zero-order valence-electron chi connectivity index (χ0n) is 14.5. The second-order valence-corrected chi connectivity index (χ2v) is 7.52. The van der Waals surface area contributed by atoms with E-state index in [1.54, 1.807) is 0 Å². The number of rotatable bonds is 3. The van der Waals surface area contributed by atoms with Crippen LogP contribution in [0.25, 0.3) is 0 Å². The maximum absolute atomic E-state index is 12.8. The largest absolute Gasteiger partial charge is 0.336 e. The van der Waals surface area contributed by atoms with Gasteiger partial charge in [-0.05, 0) is 25.3 Å². The molecule has 1 saturated carbocycles. The van der Waals surface area contributed by atoms with E-state index in [1.165, 1.54) is 32.1 Å². The topological polar surface area (TPSA) is 64.3 Å². The fourth-order valence-electron chi connectivity index (χ4n) is 4.50. The second-order valence-electron chi connectivity index (χ2n) is 7.52. The molecular formula is C18H29N5O. The molecule has 0 radical (unpaired) electrons. The minimum Gasteiger partial charge on any atom is -0.336 e. The Morgan fingerprint density at radius 1 is 1.08 bits per heavy atom. The Balaban J connectivity index is 1.36. The predicted molar refractivity (Wildman–Crippen MR) is 93.2 cm³/mol. The zero-order valence-corrected chi connectivity index (χ0v) is 14.5. The monoisotopic (exact) mass is 331 g/mol. The van der Waals surface area contributed by atoms with Gasteiger partial charge in [-0.1, -0.05) is 19.3 Å². The quantitative estimate of drug-likeness (QED) is 0.883. The summed E-state index contributed by atoms with van der Waals surface area (Å²) in [7, 11) is 0. The number of aromatic amines is 1. The molecule has 3 fully saturated rings. The lowest BCUT2D eigenvalue weighted by atomic mass is 9.87. The first kappa shape index (κ1) is 16.1. The molecule has 2 aliphatic heterocycles. The highest BCUT2D eigenvalue weighted by Gasteiger charge is 2.32. The lowest BCUT2D eigenvalue weighted by molar-refractivity contribution is 0.0767. The van der Waals surface area contributed by atoms with Crippen molar-refractivity contribution in [1.29, 1.82) is 0 Å². The number of amides is 1. The van der Waals surface area contributed by atoms with Gasteiger partial charge in [0.1, 0.15) is 5.69 Å². The average molecular weight is 331 g/mol. The number of hydrogen-bond acceptors (Lipinski definition) is 4. The first-order valence-corrected chi connectivity index (χ1v) is 9.60.